The van der Waals surface area contributed by atoms with Crippen LogP contribution in [0.15, 0.2) is 47.5 Å². The van der Waals surface area contributed by atoms with Gasteiger partial charge < -0.3 is 15.4 Å². The number of benzene rings is 1. The number of nitrogens with one attached hydrogen (secondary N) is 2. The van der Waals surface area contributed by atoms with Crippen LogP contribution in [0.5, 0.6) is 0 Å². The largest absolute Gasteiger partial charge is 0.379 e. The number of hydrogen-bond donors (Lipinski definition) is 2. The zero-order valence-corrected chi connectivity index (χ0v) is 18.1. The molecule has 2 aliphatic heterocycles. The number of morpholine rings is 1. The Morgan fingerprint density at radius 3 is 2.55 bits per heavy atom. The van der Waals surface area contributed by atoms with Gasteiger partial charge in [-0.15, -0.1) is 0 Å². The Hall–Kier alpha value is -2.46. The minimum atomic E-state index is -0.355. The van der Waals surface area contributed by atoms with Crippen molar-refractivity contribution in [3.63, 3.8) is 0 Å². The van der Waals surface area contributed by atoms with E-state index in [0.29, 0.717) is 29.4 Å². The molecule has 1 atom stereocenters. The topological polar surface area (TPSA) is 86.8 Å². The van der Waals surface area contributed by atoms with Gasteiger partial charge in [0, 0.05) is 42.8 Å². The molecular formula is C22H27N5O3S. The predicted molar refractivity (Wildman–Crippen MR) is 122 cm³/mol. The van der Waals surface area contributed by atoms with Gasteiger partial charge in [0.1, 0.15) is 5.69 Å². The van der Waals surface area contributed by atoms with E-state index in [0.717, 1.165) is 44.3 Å². The van der Waals surface area contributed by atoms with Crippen molar-refractivity contribution in [2.45, 2.75) is 23.8 Å². The minimum absolute atomic E-state index is 0.323. The number of urea groups is 1. The van der Waals surface area contributed by atoms with Crippen LogP contribution in [0.2, 0.25) is 0 Å². The molecule has 0 saturated carbocycles. The second-order valence-corrected chi connectivity index (χ2v) is 8.76. The highest BCUT2D eigenvalue weighted by atomic mass is 32.2. The van der Waals surface area contributed by atoms with E-state index in [2.05, 4.69) is 24.8 Å². The molecule has 2 aliphatic rings. The number of ether oxygens (including phenoxy) is 1. The maximum absolute atomic E-state index is 12.2. The number of rotatable bonds is 7. The molecule has 2 aromatic rings. The lowest BCUT2D eigenvalue weighted by Gasteiger charge is -2.32. The lowest BCUT2D eigenvalue weighted by Crippen LogP contribution is -2.43. The minimum Gasteiger partial charge on any atom is -0.379 e. The van der Waals surface area contributed by atoms with Crippen LogP contribution in [0.3, 0.4) is 0 Å². The highest BCUT2D eigenvalue weighted by molar-refractivity contribution is 7.97. The van der Waals surface area contributed by atoms with E-state index in [1.54, 1.807) is 24.1 Å². The number of pyridine rings is 1. The van der Waals surface area contributed by atoms with Crippen LogP contribution in [0, 0.1) is 0 Å². The first-order chi connectivity index (χ1) is 15.2. The summed E-state index contributed by atoms with van der Waals surface area (Å²) >= 11 is 1.79. The van der Waals surface area contributed by atoms with Crippen LogP contribution in [0.1, 0.15) is 23.3 Å². The van der Waals surface area contributed by atoms with Gasteiger partial charge in [-0.05, 0) is 61.2 Å². The molecule has 1 aromatic heterocycles. The van der Waals surface area contributed by atoms with Crippen molar-refractivity contribution in [2.24, 2.45) is 0 Å². The molecule has 164 valence electrons. The number of aromatic nitrogens is 1. The second-order valence-electron chi connectivity index (χ2n) is 7.63. The Labute approximate surface area is 186 Å². The summed E-state index contributed by atoms with van der Waals surface area (Å²) in [6.07, 6.45) is 4.57. The number of aldehydes is 1. The number of carbonyl (C=O) groups is 2. The van der Waals surface area contributed by atoms with Crippen molar-refractivity contribution < 1.29 is 14.3 Å². The van der Waals surface area contributed by atoms with Gasteiger partial charge in [-0.25, -0.2) is 9.10 Å². The summed E-state index contributed by atoms with van der Waals surface area (Å²) in [5, 5.41) is 5.52. The molecule has 1 unspecified atom stereocenters. The molecule has 0 spiro atoms. The zero-order valence-electron chi connectivity index (χ0n) is 17.3. The molecule has 8 nitrogen and oxygen atoms in total. The lowest BCUT2D eigenvalue weighted by atomic mass is 10.2. The highest BCUT2D eigenvalue weighted by Gasteiger charge is 2.28. The third kappa shape index (κ3) is 6.27. The predicted octanol–water partition coefficient (Wildman–Crippen LogP) is 3.34. The maximum Gasteiger partial charge on any atom is 0.323 e. The maximum atomic E-state index is 12.2. The molecule has 2 saturated heterocycles. The lowest BCUT2D eigenvalue weighted by molar-refractivity contribution is 0.0316. The first-order valence-corrected chi connectivity index (χ1v) is 11.3. The average molecular weight is 442 g/mol. The van der Waals surface area contributed by atoms with Gasteiger partial charge in [0.25, 0.3) is 0 Å². The van der Waals surface area contributed by atoms with E-state index in [1.165, 1.54) is 19.0 Å². The molecule has 1 aromatic carbocycles. The summed E-state index contributed by atoms with van der Waals surface area (Å²) in [6.45, 7) is 5.91. The van der Waals surface area contributed by atoms with E-state index in [1.807, 2.05) is 24.3 Å². The molecule has 0 radical (unpaired) electrons. The van der Waals surface area contributed by atoms with Crippen molar-refractivity contribution in [3.8, 4) is 0 Å². The second kappa shape index (κ2) is 10.7. The Balaban J connectivity index is 1.27. The number of nitrogens with zero attached hydrogens (tertiary/aromatic N) is 3. The molecule has 0 bridgehead atoms. The van der Waals surface area contributed by atoms with Gasteiger partial charge in [-0.2, -0.15) is 0 Å². The van der Waals surface area contributed by atoms with Crippen LogP contribution in [0.4, 0.5) is 16.2 Å². The average Bonchev–Trinajstić information content (AvgIpc) is 3.22. The van der Waals surface area contributed by atoms with Crippen molar-refractivity contribution >= 4 is 35.6 Å². The van der Waals surface area contributed by atoms with Gasteiger partial charge in [0.15, 0.2) is 6.29 Å². The van der Waals surface area contributed by atoms with Gasteiger partial charge in [0.2, 0.25) is 0 Å². The van der Waals surface area contributed by atoms with Crippen molar-refractivity contribution in [2.75, 3.05) is 50.0 Å². The van der Waals surface area contributed by atoms with Crippen LogP contribution in [-0.2, 0) is 4.74 Å². The fourth-order valence-electron chi connectivity index (χ4n) is 3.77. The van der Waals surface area contributed by atoms with Crippen LogP contribution >= 0.6 is 11.9 Å². The van der Waals surface area contributed by atoms with Crippen LogP contribution in [0.25, 0.3) is 0 Å². The van der Waals surface area contributed by atoms with Gasteiger partial charge >= 0.3 is 6.03 Å². The quantitative estimate of drug-likeness (QED) is 0.503. The smallest absolute Gasteiger partial charge is 0.323 e. The Morgan fingerprint density at radius 1 is 1.10 bits per heavy atom. The van der Waals surface area contributed by atoms with Crippen molar-refractivity contribution in [1.82, 2.24) is 14.2 Å². The molecular weight excluding hydrogens is 414 g/mol. The summed E-state index contributed by atoms with van der Waals surface area (Å²) in [6, 6.07) is 11.3. The van der Waals surface area contributed by atoms with E-state index in [9.17, 15) is 9.59 Å². The number of carbonyl (C=O) groups excluding carboxylic acids is 2. The summed E-state index contributed by atoms with van der Waals surface area (Å²) in [5.74, 6) is 0. The fraction of sp³-hybridized carbons (Fsp3) is 0.409. The van der Waals surface area contributed by atoms with Crippen molar-refractivity contribution in [3.05, 3.63) is 48.3 Å². The summed E-state index contributed by atoms with van der Waals surface area (Å²) in [5.41, 5.74) is 1.56. The third-order valence-corrected chi connectivity index (χ3v) is 6.59. The number of amides is 2. The highest BCUT2D eigenvalue weighted by Crippen LogP contribution is 2.32. The standard InChI is InChI=1S/C22H27N5O3S/c28-16-19-4-3-18(14-23-19)25-22(29)24-17-5-7-21(8-6-17)31-27-9-1-2-20(27)15-26-10-12-30-13-11-26/h3-8,14,16,20H,1-2,9-13,15H2,(H2,24,25,29). The summed E-state index contributed by atoms with van der Waals surface area (Å²) < 4.78 is 7.94. The van der Waals surface area contributed by atoms with E-state index in [-0.39, 0.29) is 6.03 Å². The number of hydrogen-bond acceptors (Lipinski definition) is 7. The van der Waals surface area contributed by atoms with E-state index < -0.39 is 0 Å². The normalized spacial score (nSPS) is 19.8. The van der Waals surface area contributed by atoms with E-state index in [4.69, 9.17) is 4.74 Å². The van der Waals surface area contributed by atoms with Crippen molar-refractivity contribution in [1.29, 1.82) is 0 Å². The fourth-order valence-corrected chi connectivity index (χ4v) is 4.84. The van der Waals surface area contributed by atoms with E-state index >= 15 is 0 Å². The Morgan fingerprint density at radius 2 is 1.84 bits per heavy atom. The van der Waals surface area contributed by atoms with Crippen LogP contribution < -0.4 is 10.6 Å². The van der Waals surface area contributed by atoms with Gasteiger partial charge in [0.05, 0.1) is 25.1 Å². The Kier molecular flexibility index (Phi) is 7.52. The SMILES string of the molecule is O=Cc1ccc(NC(=O)Nc2ccc(SN3CCCC3CN3CCOCC3)cc2)cn1. The van der Waals surface area contributed by atoms with Gasteiger partial charge in [-0.1, -0.05) is 0 Å². The summed E-state index contributed by atoms with van der Waals surface area (Å²) in [4.78, 5) is 30.4. The van der Waals surface area contributed by atoms with Gasteiger partial charge in [-0.3, -0.25) is 14.7 Å². The molecule has 2 fully saturated rings. The first-order valence-electron chi connectivity index (χ1n) is 10.5. The molecule has 9 heteroatoms. The monoisotopic (exact) mass is 441 g/mol. The molecule has 2 N–H and O–H groups in total. The number of anilines is 2. The molecule has 0 aliphatic carbocycles. The summed E-state index contributed by atoms with van der Waals surface area (Å²) in [7, 11) is 0. The molecule has 3 heterocycles. The molecule has 4 rings (SSSR count). The Bertz CT molecular complexity index is 872. The third-order valence-electron chi connectivity index (χ3n) is 5.40. The zero-order chi connectivity index (χ0) is 21.5. The molecule has 2 amide bonds. The van der Waals surface area contributed by atoms with Crippen LogP contribution in [-0.4, -0.2) is 71.9 Å². The first kappa shape index (κ1) is 21.8. The molecule has 31 heavy (non-hydrogen) atoms.